The van der Waals surface area contributed by atoms with Gasteiger partial charge in [0.1, 0.15) is 0 Å². The highest BCUT2D eigenvalue weighted by molar-refractivity contribution is 5.51. The molecule has 104 valence electrons. The number of rotatable bonds is 7. The number of amides is 1. The van der Waals surface area contributed by atoms with Gasteiger partial charge in [0.05, 0.1) is 5.54 Å². The molecule has 0 atom stereocenters. The molecule has 0 spiro atoms. The number of carbonyl (C=O) groups excluding carboxylic acids is 1. The topological polar surface area (TPSA) is 20.3 Å². The number of nitrogens with zero attached hydrogens (tertiary/aromatic N) is 1. The first kappa shape index (κ1) is 14.1. The van der Waals surface area contributed by atoms with E-state index in [4.69, 9.17) is 0 Å². The van der Waals surface area contributed by atoms with Gasteiger partial charge in [-0.25, -0.2) is 0 Å². The number of benzene rings is 1. The molecule has 0 heterocycles. The van der Waals surface area contributed by atoms with Crippen molar-refractivity contribution in [3.05, 3.63) is 35.9 Å². The van der Waals surface area contributed by atoms with Crippen molar-refractivity contribution >= 4 is 6.41 Å². The Bertz CT molecular complexity index is 382. The van der Waals surface area contributed by atoms with Crippen LogP contribution in [-0.4, -0.2) is 17.9 Å². The maximum absolute atomic E-state index is 11.6. The van der Waals surface area contributed by atoms with E-state index in [1.807, 2.05) is 0 Å². The van der Waals surface area contributed by atoms with E-state index in [-0.39, 0.29) is 5.54 Å². The molecule has 0 aliphatic heterocycles. The van der Waals surface area contributed by atoms with Crippen LogP contribution in [0, 0.1) is 0 Å². The molecule has 1 aromatic carbocycles. The van der Waals surface area contributed by atoms with Crippen molar-refractivity contribution in [2.24, 2.45) is 0 Å². The zero-order chi connectivity index (χ0) is 13.6. The minimum atomic E-state index is -0.0310. The molecule has 0 unspecified atom stereocenters. The smallest absolute Gasteiger partial charge is 0.210 e. The van der Waals surface area contributed by atoms with Crippen molar-refractivity contribution in [2.45, 2.75) is 57.4 Å². The molecule has 2 rings (SSSR count). The predicted molar refractivity (Wildman–Crippen MR) is 78.9 cm³/mol. The van der Waals surface area contributed by atoms with Crippen LogP contribution in [0.5, 0.6) is 0 Å². The van der Waals surface area contributed by atoms with E-state index in [0.29, 0.717) is 0 Å². The molecular weight excluding hydrogens is 234 g/mol. The molecule has 1 saturated carbocycles. The molecule has 1 aliphatic carbocycles. The van der Waals surface area contributed by atoms with Gasteiger partial charge < -0.3 is 4.90 Å². The third kappa shape index (κ3) is 2.99. The molecule has 1 amide bonds. The van der Waals surface area contributed by atoms with Crippen molar-refractivity contribution in [1.82, 2.24) is 4.90 Å². The predicted octanol–water partition coefficient (Wildman–Crippen LogP) is 4.10. The second kappa shape index (κ2) is 6.74. The average Bonchev–Trinajstić information content (AvgIpc) is 2.95. The summed E-state index contributed by atoms with van der Waals surface area (Å²) in [6.45, 7) is 3.10. The summed E-state index contributed by atoms with van der Waals surface area (Å²) in [5.74, 6) is 0. The van der Waals surface area contributed by atoms with Gasteiger partial charge in [-0.2, -0.15) is 0 Å². The molecule has 0 bridgehead atoms. The van der Waals surface area contributed by atoms with E-state index < -0.39 is 0 Å². The molecule has 0 radical (unpaired) electrons. The zero-order valence-electron chi connectivity index (χ0n) is 12.0. The van der Waals surface area contributed by atoms with E-state index in [9.17, 15) is 4.79 Å². The Labute approximate surface area is 116 Å². The molecule has 2 heteroatoms. The second-order valence-corrected chi connectivity index (χ2v) is 5.61. The summed E-state index contributed by atoms with van der Waals surface area (Å²) in [5.41, 5.74) is 1.28. The van der Waals surface area contributed by atoms with Crippen molar-refractivity contribution in [3.63, 3.8) is 0 Å². The number of carbonyl (C=O) groups is 1. The average molecular weight is 259 g/mol. The fraction of sp³-hybridized carbons (Fsp3) is 0.588. The Kier molecular flexibility index (Phi) is 5.00. The molecule has 0 N–H and O–H groups in total. The molecule has 1 fully saturated rings. The van der Waals surface area contributed by atoms with Crippen molar-refractivity contribution in [1.29, 1.82) is 0 Å². The highest BCUT2D eigenvalue weighted by atomic mass is 16.1. The van der Waals surface area contributed by atoms with Crippen LogP contribution in [-0.2, 0) is 10.3 Å². The molecule has 0 saturated heterocycles. The highest BCUT2D eigenvalue weighted by Crippen LogP contribution is 2.43. The lowest BCUT2D eigenvalue weighted by Crippen LogP contribution is -2.44. The first-order valence-electron chi connectivity index (χ1n) is 7.61. The van der Waals surface area contributed by atoms with Gasteiger partial charge >= 0.3 is 0 Å². The Balaban J connectivity index is 2.20. The lowest BCUT2D eigenvalue weighted by Gasteiger charge is -2.39. The lowest BCUT2D eigenvalue weighted by molar-refractivity contribution is -0.124. The fourth-order valence-corrected chi connectivity index (χ4v) is 3.35. The van der Waals surface area contributed by atoms with Gasteiger partial charge in [-0.05, 0) is 24.8 Å². The van der Waals surface area contributed by atoms with E-state index in [2.05, 4.69) is 42.2 Å². The first-order valence-corrected chi connectivity index (χ1v) is 7.61. The highest BCUT2D eigenvalue weighted by Gasteiger charge is 2.40. The van der Waals surface area contributed by atoms with Gasteiger partial charge in [0, 0.05) is 6.54 Å². The minimum Gasteiger partial charge on any atom is -0.336 e. The molecule has 1 aliphatic rings. The van der Waals surface area contributed by atoms with Crippen LogP contribution in [0.3, 0.4) is 0 Å². The zero-order valence-corrected chi connectivity index (χ0v) is 12.0. The fourth-order valence-electron chi connectivity index (χ4n) is 3.35. The minimum absolute atomic E-state index is 0.0310. The van der Waals surface area contributed by atoms with E-state index in [1.54, 1.807) is 0 Å². The van der Waals surface area contributed by atoms with E-state index >= 15 is 0 Å². The largest absolute Gasteiger partial charge is 0.336 e. The van der Waals surface area contributed by atoms with Crippen LogP contribution < -0.4 is 0 Å². The molecule has 2 nitrogen and oxygen atoms in total. The van der Waals surface area contributed by atoms with E-state index in [0.717, 1.165) is 32.2 Å². The lowest BCUT2D eigenvalue weighted by atomic mass is 9.86. The normalized spacial score (nSPS) is 17.3. The van der Waals surface area contributed by atoms with Crippen LogP contribution >= 0.6 is 0 Å². The monoisotopic (exact) mass is 259 g/mol. The Hall–Kier alpha value is -1.31. The summed E-state index contributed by atoms with van der Waals surface area (Å²) < 4.78 is 0. The maximum Gasteiger partial charge on any atom is 0.210 e. The Morgan fingerprint density at radius 2 is 1.84 bits per heavy atom. The van der Waals surface area contributed by atoms with Gasteiger partial charge in [-0.15, -0.1) is 0 Å². The van der Waals surface area contributed by atoms with Crippen LogP contribution in [0.2, 0.25) is 0 Å². The van der Waals surface area contributed by atoms with Gasteiger partial charge in [-0.3, -0.25) is 4.79 Å². The maximum atomic E-state index is 11.6. The summed E-state index contributed by atoms with van der Waals surface area (Å²) in [7, 11) is 0. The number of hydrogen-bond acceptors (Lipinski definition) is 1. The summed E-state index contributed by atoms with van der Waals surface area (Å²) in [4.78, 5) is 13.7. The van der Waals surface area contributed by atoms with Crippen LogP contribution in [0.25, 0.3) is 0 Å². The third-order valence-corrected chi connectivity index (χ3v) is 4.42. The van der Waals surface area contributed by atoms with Crippen molar-refractivity contribution in [3.8, 4) is 0 Å². The van der Waals surface area contributed by atoms with Gasteiger partial charge in [0.15, 0.2) is 0 Å². The summed E-state index contributed by atoms with van der Waals surface area (Å²) in [5, 5.41) is 0. The molecular formula is C17H25NO. The third-order valence-electron chi connectivity index (χ3n) is 4.42. The number of unbranched alkanes of at least 4 members (excludes halogenated alkanes) is 2. The molecule has 19 heavy (non-hydrogen) atoms. The quantitative estimate of drug-likeness (QED) is 0.533. The standard InChI is InChI=1S/C17H25NO/c1-2-3-9-14-18(15-19)17(12-7-8-13-17)16-10-5-4-6-11-16/h4-6,10-11,15H,2-3,7-9,12-14H2,1H3. The Morgan fingerprint density at radius 3 is 2.42 bits per heavy atom. The first-order chi connectivity index (χ1) is 9.33. The Morgan fingerprint density at radius 1 is 1.16 bits per heavy atom. The molecule has 0 aromatic heterocycles. The van der Waals surface area contributed by atoms with Crippen molar-refractivity contribution in [2.75, 3.05) is 6.54 Å². The van der Waals surface area contributed by atoms with E-state index in [1.165, 1.54) is 31.2 Å². The second-order valence-electron chi connectivity index (χ2n) is 5.61. The van der Waals surface area contributed by atoms with Crippen LogP contribution in [0.15, 0.2) is 30.3 Å². The van der Waals surface area contributed by atoms with Crippen LogP contribution in [0.1, 0.15) is 57.4 Å². The van der Waals surface area contributed by atoms with Gasteiger partial charge in [0.2, 0.25) is 6.41 Å². The summed E-state index contributed by atoms with van der Waals surface area (Å²) in [6.07, 6.45) is 9.28. The molecule has 1 aromatic rings. The van der Waals surface area contributed by atoms with Crippen LogP contribution in [0.4, 0.5) is 0 Å². The van der Waals surface area contributed by atoms with Crippen molar-refractivity contribution < 1.29 is 4.79 Å². The SMILES string of the molecule is CCCCCN(C=O)C1(c2ccccc2)CCCC1. The van der Waals surface area contributed by atoms with Gasteiger partial charge in [-0.1, -0.05) is 62.9 Å². The summed E-state index contributed by atoms with van der Waals surface area (Å²) >= 11 is 0. The summed E-state index contributed by atoms with van der Waals surface area (Å²) in [6, 6.07) is 10.6. The van der Waals surface area contributed by atoms with Gasteiger partial charge in [0.25, 0.3) is 0 Å². The number of hydrogen-bond donors (Lipinski definition) is 0.